The third kappa shape index (κ3) is 6.31. The van der Waals surface area contributed by atoms with Gasteiger partial charge < -0.3 is 19.7 Å². The van der Waals surface area contributed by atoms with Crippen LogP contribution in [0.25, 0.3) is 0 Å². The molecule has 0 spiro atoms. The number of nitrogens with zero attached hydrogens (tertiary/aromatic N) is 2. The molecule has 0 saturated carbocycles. The summed E-state index contributed by atoms with van der Waals surface area (Å²) in [5.74, 6) is 0.0829. The SMILES string of the molecule is CC(C)(C)C(=O)N1CCc2ccc(OCc3nc(C(=O)NC[C@H]4CCCO4)cs3)cc2[C@@H]1c1cccc(F)c1. The third-order valence-electron chi connectivity index (χ3n) is 7.07. The summed E-state index contributed by atoms with van der Waals surface area (Å²) in [4.78, 5) is 32.2. The topological polar surface area (TPSA) is 80.8 Å². The highest BCUT2D eigenvalue weighted by molar-refractivity contribution is 7.09. The van der Waals surface area contributed by atoms with Gasteiger partial charge in [-0.3, -0.25) is 9.59 Å². The molecule has 39 heavy (non-hydrogen) atoms. The average Bonchev–Trinajstić information content (AvgIpc) is 3.61. The van der Waals surface area contributed by atoms with Crippen LogP contribution in [-0.2, 0) is 22.6 Å². The first-order chi connectivity index (χ1) is 18.7. The van der Waals surface area contributed by atoms with Gasteiger partial charge in [-0.05, 0) is 60.2 Å². The summed E-state index contributed by atoms with van der Waals surface area (Å²) >= 11 is 1.37. The molecule has 5 rings (SSSR count). The van der Waals surface area contributed by atoms with Gasteiger partial charge in [0.1, 0.15) is 28.9 Å². The van der Waals surface area contributed by atoms with Gasteiger partial charge in [-0.25, -0.2) is 9.37 Å². The summed E-state index contributed by atoms with van der Waals surface area (Å²) in [5.41, 5.74) is 2.55. The number of amides is 2. The molecule has 1 fully saturated rings. The number of halogens is 1. The lowest BCUT2D eigenvalue weighted by molar-refractivity contribution is -0.141. The number of fused-ring (bicyclic) bond motifs is 1. The van der Waals surface area contributed by atoms with Gasteiger partial charge in [0.2, 0.25) is 5.91 Å². The first kappa shape index (κ1) is 27.3. The number of benzene rings is 2. The summed E-state index contributed by atoms with van der Waals surface area (Å²) < 4.78 is 25.9. The molecule has 2 aromatic carbocycles. The Hall–Kier alpha value is -3.30. The van der Waals surface area contributed by atoms with Gasteiger partial charge >= 0.3 is 0 Å². The Morgan fingerprint density at radius 3 is 2.82 bits per heavy atom. The first-order valence-corrected chi connectivity index (χ1v) is 14.2. The second-order valence-electron chi connectivity index (χ2n) is 11.1. The molecule has 2 aliphatic heterocycles. The first-order valence-electron chi connectivity index (χ1n) is 13.4. The number of hydrogen-bond acceptors (Lipinski definition) is 6. The van der Waals surface area contributed by atoms with E-state index in [2.05, 4.69) is 10.3 Å². The van der Waals surface area contributed by atoms with Crippen molar-refractivity contribution in [1.29, 1.82) is 0 Å². The van der Waals surface area contributed by atoms with Gasteiger partial charge in [-0.1, -0.05) is 39.0 Å². The number of nitrogens with one attached hydrogen (secondary N) is 1. The zero-order chi connectivity index (χ0) is 27.6. The molecule has 2 amide bonds. The van der Waals surface area contributed by atoms with E-state index in [-0.39, 0.29) is 30.3 Å². The van der Waals surface area contributed by atoms with Crippen LogP contribution in [0.15, 0.2) is 47.8 Å². The van der Waals surface area contributed by atoms with Gasteiger partial charge in [0.25, 0.3) is 5.91 Å². The van der Waals surface area contributed by atoms with E-state index in [1.165, 1.54) is 23.5 Å². The number of thiazole rings is 1. The lowest BCUT2D eigenvalue weighted by atomic mass is 9.85. The minimum atomic E-state index is -0.573. The van der Waals surface area contributed by atoms with Crippen molar-refractivity contribution in [2.24, 2.45) is 5.41 Å². The highest BCUT2D eigenvalue weighted by Crippen LogP contribution is 2.39. The molecular formula is C30H34FN3O4S. The third-order valence-corrected chi connectivity index (χ3v) is 7.90. The summed E-state index contributed by atoms with van der Waals surface area (Å²) in [6.07, 6.45) is 2.76. The molecule has 0 aliphatic carbocycles. The van der Waals surface area contributed by atoms with Crippen molar-refractivity contribution in [2.45, 2.75) is 58.8 Å². The Morgan fingerprint density at radius 2 is 2.08 bits per heavy atom. The van der Waals surface area contributed by atoms with Crippen LogP contribution in [0.2, 0.25) is 0 Å². The van der Waals surface area contributed by atoms with Crippen molar-refractivity contribution < 1.29 is 23.5 Å². The number of aromatic nitrogens is 1. The van der Waals surface area contributed by atoms with Crippen LogP contribution in [0, 0.1) is 11.2 Å². The van der Waals surface area contributed by atoms with Crippen LogP contribution >= 0.6 is 11.3 Å². The van der Waals surface area contributed by atoms with E-state index >= 15 is 0 Å². The maximum atomic E-state index is 14.3. The number of carbonyl (C=O) groups excluding carboxylic acids is 2. The second kappa shape index (κ2) is 11.4. The van der Waals surface area contributed by atoms with Crippen LogP contribution < -0.4 is 10.1 Å². The predicted molar refractivity (Wildman–Crippen MR) is 147 cm³/mol. The summed E-state index contributed by atoms with van der Waals surface area (Å²) in [7, 11) is 0. The molecule has 206 valence electrons. The minimum absolute atomic E-state index is 0.0156. The van der Waals surface area contributed by atoms with Crippen LogP contribution in [0.5, 0.6) is 5.75 Å². The lowest BCUT2D eigenvalue weighted by Gasteiger charge is -2.41. The molecule has 9 heteroatoms. The maximum absolute atomic E-state index is 14.3. The van der Waals surface area contributed by atoms with Gasteiger partial charge in [0.15, 0.2) is 0 Å². The number of carbonyl (C=O) groups is 2. The van der Waals surface area contributed by atoms with E-state index in [0.717, 1.165) is 36.1 Å². The molecule has 2 aliphatic rings. The van der Waals surface area contributed by atoms with Gasteiger partial charge in [-0.2, -0.15) is 0 Å². The molecule has 0 bridgehead atoms. The summed E-state index contributed by atoms with van der Waals surface area (Å²) in [6.45, 7) is 7.70. The van der Waals surface area contributed by atoms with Crippen molar-refractivity contribution in [3.63, 3.8) is 0 Å². The van der Waals surface area contributed by atoms with E-state index in [4.69, 9.17) is 9.47 Å². The van der Waals surface area contributed by atoms with Crippen LogP contribution in [0.4, 0.5) is 4.39 Å². The number of ether oxygens (including phenoxy) is 2. The normalized spacial score (nSPS) is 19.0. The van der Waals surface area contributed by atoms with Crippen molar-refractivity contribution in [1.82, 2.24) is 15.2 Å². The molecule has 3 aromatic rings. The van der Waals surface area contributed by atoms with E-state index in [9.17, 15) is 14.0 Å². The average molecular weight is 552 g/mol. The Balaban J connectivity index is 1.32. The molecule has 1 aromatic heterocycles. The summed E-state index contributed by atoms with van der Waals surface area (Å²) in [6, 6.07) is 11.9. The van der Waals surface area contributed by atoms with Crippen LogP contribution in [-0.4, -0.2) is 47.5 Å². The van der Waals surface area contributed by atoms with Crippen molar-refractivity contribution in [3.8, 4) is 5.75 Å². The van der Waals surface area contributed by atoms with Crippen molar-refractivity contribution in [2.75, 3.05) is 19.7 Å². The zero-order valence-corrected chi connectivity index (χ0v) is 23.4. The quantitative estimate of drug-likeness (QED) is 0.432. The Morgan fingerprint density at radius 1 is 1.23 bits per heavy atom. The fourth-order valence-electron chi connectivity index (χ4n) is 5.10. The van der Waals surface area contributed by atoms with Gasteiger partial charge in [0.05, 0.1) is 12.1 Å². The molecule has 0 unspecified atom stereocenters. The van der Waals surface area contributed by atoms with E-state index < -0.39 is 11.5 Å². The largest absolute Gasteiger partial charge is 0.486 e. The fraction of sp³-hybridized carbons (Fsp3) is 0.433. The standard InChI is InChI=1S/C30H34FN3O4S/c1-30(2,3)29(36)34-12-11-19-9-10-22(15-24(19)27(34)20-6-4-7-21(31)14-20)38-17-26-33-25(18-39-26)28(35)32-16-23-8-5-13-37-23/h4,6-7,9-10,14-15,18,23,27H,5,8,11-13,16-17H2,1-3H3,(H,32,35)/t23-,27+/m1/s1. The van der Waals surface area contributed by atoms with E-state index in [0.29, 0.717) is 36.0 Å². The Labute approximate surface area is 232 Å². The number of rotatable bonds is 7. The van der Waals surface area contributed by atoms with Crippen molar-refractivity contribution in [3.05, 3.63) is 81.1 Å². The fourth-order valence-corrected chi connectivity index (χ4v) is 5.78. The molecular weight excluding hydrogens is 517 g/mol. The Kier molecular flexibility index (Phi) is 8.00. The van der Waals surface area contributed by atoms with Gasteiger partial charge in [0, 0.05) is 30.5 Å². The predicted octanol–water partition coefficient (Wildman–Crippen LogP) is 5.29. The van der Waals surface area contributed by atoms with E-state index in [1.807, 2.05) is 49.9 Å². The van der Waals surface area contributed by atoms with Crippen molar-refractivity contribution >= 4 is 23.2 Å². The molecule has 1 N–H and O–H groups in total. The molecule has 3 heterocycles. The summed E-state index contributed by atoms with van der Waals surface area (Å²) in [5, 5.41) is 5.30. The van der Waals surface area contributed by atoms with Crippen LogP contribution in [0.1, 0.15) is 71.8 Å². The van der Waals surface area contributed by atoms with E-state index in [1.54, 1.807) is 11.4 Å². The highest BCUT2D eigenvalue weighted by Gasteiger charge is 2.37. The number of hydrogen-bond donors (Lipinski definition) is 1. The molecule has 2 atom stereocenters. The molecule has 0 radical (unpaired) electrons. The lowest BCUT2D eigenvalue weighted by Crippen LogP contribution is -2.45. The minimum Gasteiger partial charge on any atom is -0.486 e. The Bertz CT molecular complexity index is 1350. The smallest absolute Gasteiger partial charge is 0.270 e. The van der Waals surface area contributed by atoms with Gasteiger partial charge in [-0.15, -0.1) is 11.3 Å². The highest BCUT2D eigenvalue weighted by atomic mass is 32.1. The molecule has 1 saturated heterocycles. The zero-order valence-electron chi connectivity index (χ0n) is 22.5. The maximum Gasteiger partial charge on any atom is 0.270 e. The van der Waals surface area contributed by atoms with Crippen LogP contribution in [0.3, 0.4) is 0 Å². The second-order valence-corrected chi connectivity index (χ2v) is 12.0. The monoisotopic (exact) mass is 551 g/mol. The molecule has 7 nitrogen and oxygen atoms in total.